The fraction of sp³-hybridized carbons (Fsp3) is 0.250. The van der Waals surface area contributed by atoms with Crippen LogP contribution in [0.4, 0.5) is 4.39 Å². The van der Waals surface area contributed by atoms with E-state index < -0.39 is 0 Å². The molecule has 0 aliphatic carbocycles. The van der Waals surface area contributed by atoms with Crippen LogP contribution in [0.25, 0.3) is 0 Å². The number of rotatable bonds is 4. The van der Waals surface area contributed by atoms with Gasteiger partial charge in [0.15, 0.2) is 11.5 Å². The Kier molecular flexibility index (Phi) is 3.56. The molecule has 0 saturated carbocycles. The minimum Gasteiger partial charge on any atom is -0.454 e. The van der Waals surface area contributed by atoms with Gasteiger partial charge in [-0.1, -0.05) is 24.3 Å². The molecule has 4 heteroatoms. The lowest BCUT2D eigenvalue weighted by molar-refractivity contribution is 0.174. The first-order chi connectivity index (χ1) is 9.72. The molecule has 0 spiro atoms. The Morgan fingerprint density at radius 3 is 2.70 bits per heavy atom. The molecule has 0 fully saturated rings. The summed E-state index contributed by atoms with van der Waals surface area (Å²) in [6.07, 6.45) is 1.19. The van der Waals surface area contributed by atoms with Crippen molar-refractivity contribution < 1.29 is 13.9 Å². The third-order valence-corrected chi connectivity index (χ3v) is 3.37. The van der Waals surface area contributed by atoms with E-state index in [-0.39, 0.29) is 18.7 Å². The summed E-state index contributed by atoms with van der Waals surface area (Å²) in [4.78, 5) is 0. The first kappa shape index (κ1) is 12.9. The van der Waals surface area contributed by atoms with Gasteiger partial charge in [-0.05, 0) is 42.2 Å². The number of hydrogen-bond acceptors (Lipinski definition) is 3. The third kappa shape index (κ3) is 2.75. The highest BCUT2D eigenvalue weighted by Gasteiger charge is 2.15. The second-order valence-corrected chi connectivity index (χ2v) is 4.95. The van der Waals surface area contributed by atoms with Crippen LogP contribution in [0.5, 0.6) is 11.5 Å². The number of benzene rings is 2. The van der Waals surface area contributed by atoms with Gasteiger partial charge >= 0.3 is 0 Å². The van der Waals surface area contributed by atoms with E-state index in [0.29, 0.717) is 18.4 Å². The average molecular weight is 273 g/mol. The Balaban J connectivity index is 1.67. The monoisotopic (exact) mass is 273 g/mol. The van der Waals surface area contributed by atoms with Crippen molar-refractivity contribution in [1.82, 2.24) is 0 Å². The van der Waals surface area contributed by atoms with Gasteiger partial charge in [-0.15, -0.1) is 0 Å². The molecule has 1 aliphatic heterocycles. The van der Waals surface area contributed by atoms with E-state index in [9.17, 15) is 4.39 Å². The molecular weight excluding hydrogens is 257 g/mol. The van der Waals surface area contributed by atoms with Gasteiger partial charge in [0, 0.05) is 6.04 Å². The second kappa shape index (κ2) is 5.51. The summed E-state index contributed by atoms with van der Waals surface area (Å²) in [6.45, 7) is 0.264. The number of halogens is 1. The van der Waals surface area contributed by atoms with Crippen molar-refractivity contribution in [3.63, 3.8) is 0 Å². The van der Waals surface area contributed by atoms with Crippen LogP contribution in [0, 0.1) is 5.82 Å². The van der Waals surface area contributed by atoms with Gasteiger partial charge in [-0.25, -0.2) is 4.39 Å². The molecule has 104 valence electrons. The van der Waals surface area contributed by atoms with Gasteiger partial charge in [-0.3, -0.25) is 0 Å². The molecular formula is C16H16FNO2. The van der Waals surface area contributed by atoms with E-state index in [1.807, 2.05) is 24.3 Å². The molecule has 20 heavy (non-hydrogen) atoms. The largest absolute Gasteiger partial charge is 0.454 e. The summed E-state index contributed by atoms with van der Waals surface area (Å²) < 4.78 is 24.2. The molecule has 1 aliphatic rings. The minimum atomic E-state index is -0.200. The molecule has 0 aromatic heterocycles. The molecule has 0 amide bonds. The topological polar surface area (TPSA) is 44.5 Å². The lowest BCUT2D eigenvalue weighted by Crippen LogP contribution is -2.25. The maximum absolute atomic E-state index is 13.6. The molecule has 1 atom stereocenters. The number of ether oxygens (including phenoxy) is 2. The number of fused-ring (bicyclic) bond motifs is 1. The van der Waals surface area contributed by atoms with Crippen molar-refractivity contribution in [1.29, 1.82) is 0 Å². The van der Waals surface area contributed by atoms with Gasteiger partial charge in [0.2, 0.25) is 6.79 Å². The van der Waals surface area contributed by atoms with Crippen molar-refractivity contribution in [3.8, 4) is 11.5 Å². The van der Waals surface area contributed by atoms with Crippen molar-refractivity contribution in [2.45, 2.75) is 18.9 Å². The highest BCUT2D eigenvalue weighted by Crippen LogP contribution is 2.32. The third-order valence-electron chi connectivity index (χ3n) is 3.37. The van der Waals surface area contributed by atoms with E-state index in [2.05, 4.69) is 0 Å². The zero-order valence-corrected chi connectivity index (χ0v) is 11.0. The zero-order chi connectivity index (χ0) is 13.9. The van der Waals surface area contributed by atoms with Crippen LogP contribution in [-0.4, -0.2) is 12.8 Å². The summed E-state index contributed by atoms with van der Waals surface area (Å²) in [7, 11) is 0. The first-order valence-corrected chi connectivity index (χ1v) is 6.60. The Labute approximate surface area is 117 Å². The van der Waals surface area contributed by atoms with Gasteiger partial charge in [0.25, 0.3) is 0 Å². The molecule has 3 nitrogen and oxygen atoms in total. The van der Waals surface area contributed by atoms with Crippen LogP contribution in [0.15, 0.2) is 42.5 Å². The average Bonchev–Trinajstić information content (AvgIpc) is 2.89. The van der Waals surface area contributed by atoms with Crippen LogP contribution in [-0.2, 0) is 12.8 Å². The summed E-state index contributed by atoms with van der Waals surface area (Å²) in [5, 5.41) is 0. The highest BCUT2D eigenvalue weighted by atomic mass is 19.1. The predicted octanol–water partition coefficient (Wildman–Crippen LogP) is 2.67. The van der Waals surface area contributed by atoms with E-state index >= 15 is 0 Å². The van der Waals surface area contributed by atoms with Crippen LogP contribution in [0.2, 0.25) is 0 Å². The summed E-state index contributed by atoms with van der Waals surface area (Å²) >= 11 is 0. The van der Waals surface area contributed by atoms with Crippen molar-refractivity contribution >= 4 is 0 Å². The molecule has 1 unspecified atom stereocenters. The predicted molar refractivity (Wildman–Crippen MR) is 74.3 cm³/mol. The number of nitrogens with two attached hydrogens (primary N) is 1. The van der Waals surface area contributed by atoms with Crippen molar-refractivity contribution in [3.05, 3.63) is 59.4 Å². The molecule has 3 rings (SSSR count). The molecule has 2 aromatic carbocycles. The summed E-state index contributed by atoms with van der Waals surface area (Å²) in [5.74, 6) is 1.31. The van der Waals surface area contributed by atoms with E-state index in [1.54, 1.807) is 12.1 Å². The van der Waals surface area contributed by atoms with E-state index in [4.69, 9.17) is 15.2 Å². The van der Waals surface area contributed by atoms with Gasteiger partial charge < -0.3 is 15.2 Å². The standard InChI is InChI=1S/C16H16FNO2/c17-14-4-2-1-3-12(14)9-13(18)7-11-5-6-15-16(8-11)20-10-19-15/h1-6,8,13H,7,9-10,18H2. The Morgan fingerprint density at radius 2 is 1.85 bits per heavy atom. The highest BCUT2D eigenvalue weighted by molar-refractivity contribution is 5.44. The second-order valence-electron chi connectivity index (χ2n) is 4.95. The molecule has 2 N–H and O–H groups in total. The molecule has 2 aromatic rings. The van der Waals surface area contributed by atoms with Crippen LogP contribution >= 0.6 is 0 Å². The number of hydrogen-bond donors (Lipinski definition) is 1. The Bertz CT molecular complexity index is 615. The first-order valence-electron chi connectivity index (χ1n) is 6.60. The smallest absolute Gasteiger partial charge is 0.231 e. The fourth-order valence-electron chi connectivity index (χ4n) is 2.39. The lowest BCUT2D eigenvalue weighted by atomic mass is 9.99. The SMILES string of the molecule is NC(Cc1ccc2c(c1)OCO2)Cc1ccccc1F. The quantitative estimate of drug-likeness (QED) is 0.931. The van der Waals surface area contributed by atoms with Crippen LogP contribution in [0.1, 0.15) is 11.1 Å². The molecule has 0 saturated heterocycles. The van der Waals surface area contributed by atoms with Crippen LogP contribution in [0.3, 0.4) is 0 Å². The molecule has 1 heterocycles. The van der Waals surface area contributed by atoms with Gasteiger partial charge in [0.1, 0.15) is 5.82 Å². The van der Waals surface area contributed by atoms with E-state index in [1.165, 1.54) is 6.07 Å². The fourth-order valence-corrected chi connectivity index (χ4v) is 2.39. The molecule has 0 radical (unpaired) electrons. The summed E-state index contributed by atoms with van der Waals surface area (Å²) in [6, 6.07) is 12.4. The van der Waals surface area contributed by atoms with Crippen LogP contribution < -0.4 is 15.2 Å². The summed E-state index contributed by atoms with van der Waals surface area (Å²) in [5.41, 5.74) is 7.83. The maximum atomic E-state index is 13.6. The Hall–Kier alpha value is -2.07. The van der Waals surface area contributed by atoms with Crippen molar-refractivity contribution in [2.75, 3.05) is 6.79 Å². The van der Waals surface area contributed by atoms with E-state index in [0.717, 1.165) is 17.1 Å². The maximum Gasteiger partial charge on any atom is 0.231 e. The van der Waals surface area contributed by atoms with Gasteiger partial charge in [0.05, 0.1) is 0 Å². The van der Waals surface area contributed by atoms with Gasteiger partial charge in [-0.2, -0.15) is 0 Å². The van der Waals surface area contributed by atoms with Crippen molar-refractivity contribution in [2.24, 2.45) is 5.73 Å². The normalized spacial score (nSPS) is 14.3. The lowest BCUT2D eigenvalue weighted by Gasteiger charge is -2.12. The zero-order valence-electron chi connectivity index (χ0n) is 11.0. The molecule has 0 bridgehead atoms. The minimum absolute atomic E-state index is 0.132. The Morgan fingerprint density at radius 1 is 1.05 bits per heavy atom.